The molecule has 7 heteroatoms. The molecule has 2 heterocycles. The van der Waals surface area contributed by atoms with E-state index in [9.17, 15) is 4.79 Å². The number of imidazole rings is 1. The van der Waals surface area contributed by atoms with Crippen LogP contribution in [-0.4, -0.2) is 26.8 Å². The predicted molar refractivity (Wildman–Crippen MR) is 54.4 cm³/mol. The molecular formula is C8H11N5O2. The van der Waals surface area contributed by atoms with Gasteiger partial charge in [0, 0.05) is 6.42 Å². The molecule has 0 aromatic carbocycles. The van der Waals surface area contributed by atoms with Gasteiger partial charge in [-0.05, 0) is 0 Å². The molecule has 3 N–H and O–H groups in total. The largest absolute Gasteiger partial charge is 0.411 e. The molecule has 0 aliphatic heterocycles. The number of anilines is 1. The molecule has 7 nitrogen and oxygen atoms in total. The maximum atomic E-state index is 11.8. The number of hydrogen-bond acceptors (Lipinski definition) is 5. The highest BCUT2D eigenvalue weighted by Crippen LogP contribution is 2.06. The van der Waals surface area contributed by atoms with Crippen molar-refractivity contribution in [3.05, 3.63) is 16.2 Å². The van der Waals surface area contributed by atoms with Crippen LogP contribution in [0, 0.1) is 0 Å². The number of H-pyrrole nitrogens is 1. The van der Waals surface area contributed by atoms with Gasteiger partial charge in [0.2, 0.25) is 5.95 Å². The lowest BCUT2D eigenvalue weighted by Crippen LogP contribution is -2.28. The second-order valence-corrected chi connectivity index (χ2v) is 2.99. The molecule has 0 saturated heterocycles. The fourth-order valence-electron chi connectivity index (χ4n) is 1.35. The lowest BCUT2D eigenvalue weighted by atomic mass is 10.5. The first-order valence-electron chi connectivity index (χ1n) is 4.49. The van der Waals surface area contributed by atoms with Crippen LogP contribution in [0.5, 0.6) is 0 Å². The smallest absolute Gasteiger partial charge is 0.314 e. The van der Waals surface area contributed by atoms with E-state index in [-0.39, 0.29) is 11.5 Å². The Labute approximate surface area is 84.9 Å². The molecule has 0 amide bonds. The number of fused-ring (bicyclic) bond motifs is 1. The van der Waals surface area contributed by atoms with Crippen molar-refractivity contribution in [2.24, 2.45) is 0 Å². The zero-order chi connectivity index (χ0) is 11.0. The molecule has 0 bridgehead atoms. The Morgan fingerprint density at radius 2 is 2.27 bits per heavy atom. The summed E-state index contributed by atoms with van der Waals surface area (Å²) in [6.45, 7) is 1.93. The summed E-state index contributed by atoms with van der Waals surface area (Å²) in [6.07, 6.45) is 0.697. The van der Waals surface area contributed by atoms with Crippen molar-refractivity contribution in [1.29, 1.82) is 0 Å². The summed E-state index contributed by atoms with van der Waals surface area (Å²) in [4.78, 5) is 27.5. The van der Waals surface area contributed by atoms with Gasteiger partial charge in [0.25, 0.3) is 0 Å². The minimum atomic E-state index is -0.382. The molecule has 0 spiro atoms. The highest BCUT2D eigenvalue weighted by Gasteiger charge is 2.12. The average Bonchev–Trinajstić information content (AvgIpc) is 2.61. The number of aromatic amines is 1. The molecular weight excluding hydrogens is 198 g/mol. The van der Waals surface area contributed by atoms with Crippen molar-refractivity contribution in [1.82, 2.24) is 19.7 Å². The molecule has 2 aromatic rings. The monoisotopic (exact) mass is 209 g/mol. The summed E-state index contributed by atoms with van der Waals surface area (Å²) in [5, 5.41) is 0. The minimum Gasteiger partial charge on any atom is -0.411 e. The van der Waals surface area contributed by atoms with Crippen LogP contribution in [0.15, 0.2) is 4.79 Å². The third-order valence-corrected chi connectivity index (χ3v) is 2.08. The van der Waals surface area contributed by atoms with Crippen LogP contribution in [0.4, 0.5) is 5.95 Å². The van der Waals surface area contributed by atoms with Gasteiger partial charge in [0.15, 0.2) is 11.2 Å². The van der Waals surface area contributed by atoms with E-state index in [4.69, 9.17) is 10.6 Å². The molecule has 2 aromatic heterocycles. The summed E-state index contributed by atoms with van der Waals surface area (Å²) in [5.74, 6) is 0.687. The van der Waals surface area contributed by atoms with Gasteiger partial charge in [-0.2, -0.15) is 4.98 Å². The third-order valence-electron chi connectivity index (χ3n) is 2.08. The Bertz CT molecular complexity index is 556. The maximum Gasteiger partial charge on any atom is 0.314 e. The number of rotatable bonds is 2. The zero-order valence-corrected chi connectivity index (χ0v) is 8.44. The van der Waals surface area contributed by atoms with Crippen LogP contribution in [0.2, 0.25) is 0 Å². The second-order valence-electron chi connectivity index (χ2n) is 2.99. The maximum absolute atomic E-state index is 11.8. The Hall–Kier alpha value is -2.05. The number of nitrogens with one attached hydrogen (secondary N) is 1. The number of nitrogens with zero attached hydrogens (tertiary/aromatic N) is 3. The fourth-order valence-corrected chi connectivity index (χ4v) is 1.35. The van der Waals surface area contributed by atoms with E-state index in [2.05, 4.69) is 15.0 Å². The van der Waals surface area contributed by atoms with Crippen molar-refractivity contribution in [3.8, 4) is 0 Å². The molecule has 0 aliphatic rings. The lowest BCUT2D eigenvalue weighted by Gasteiger charge is -2.04. The second kappa shape index (κ2) is 3.26. The van der Waals surface area contributed by atoms with Gasteiger partial charge in [-0.3, -0.25) is 4.79 Å². The molecule has 0 atom stereocenters. The van der Waals surface area contributed by atoms with Crippen LogP contribution in [0.3, 0.4) is 0 Å². The molecule has 15 heavy (non-hydrogen) atoms. The first-order valence-corrected chi connectivity index (χ1v) is 4.49. The van der Waals surface area contributed by atoms with E-state index in [0.29, 0.717) is 23.4 Å². The van der Waals surface area contributed by atoms with Crippen LogP contribution in [-0.2, 0) is 6.42 Å². The molecule has 0 radical (unpaired) electrons. The standard InChI is InChI=1S/C8H11N5O2/c1-3-4-10-5-6(11-4)12-8(9)13(15-2)7(5)14/h3H2,1-2H3,(H2,9,12)(H,10,11). The van der Waals surface area contributed by atoms with Crippen LogP contribution in [0.1, 0.15) is 12.7 Å². The quantitative estimate of drug-likeness (QED) is 0.682. The molecule has 80 valence electrons. The van der Waals surface area contributed by atoms with Crippen molar-refractivity contribution >= 4 is 17.1 Å². The Balaban J connectivity index is 2.82. The summed E-state index contributed by atoms with van der Waals surface area (Å²) >= 11 is 0. The summed E-state index contributed by atoms with van der Waals surface area (Å²) in [7, 11) is 1.35. The molecule has 2 rings (SSSR count). The Morgan fingerprint density at radius 3 is 2.87 bits per heavy atom. The van der Waals surface area contributed by atoms with Crippen molar-refractivity contribution < 1.29 is 4.84 Å². The van der Waals surface area contributed by atoms with Crippen molar-refractivity contribution in [2.75, 3.05) is 12.8 Å². The first-order chi connectivity index (χ1) is 7.17. The minimum absolute atomic E-state index is 0.0100. The highest BCUT2D eigenvalue weighted by molar-refractivity contribution is 5.70. The summed E-state index contributed by atoms with van der Waals surface area (Å²) < 4.78 is 0.917. The molecule has 0 fully saturated rings. The normalized spacial score (nSPS) is 10.8. The van der Waals surface area contributed by atoms with Gasteiger partial charge in [0.05, 0.1) is 0 Å². The number of aromatic nitrogens is 4. The van der Waals surface area contributed by atoms with E-state index in [1.54, 1.807) is 0 Å². The number of aryl methyl sites for hydroxylation is 1. The average molecular weight is 209 g/mol. The Morgan fingerprint density at radius 1 is 1.53 bits per heavy atom. The highest BCUT2D eigenvalue weighted by atomic mass is 16.7. The van der Waals surface area contributed by atoms with E-state index in [1.807, 2.05) is 6.92 Å². The van der Waals surface area contributed by atoms with Gasteiger partial charge < -0.3 is 15.6 Å². The topological polar surface area (TPSA) is 98.8 Å². The van der Waals surface area contributed by atoms with E-state index in [1.165, 1.54) is 7.11 Å². The number of hydrogen-bond donors (Lipinski definition) is 2. The summed E-state index contributed by atoms with van der Waals surface area (Å²) in [5.41, 5.74) is 5.77. The van der Waals surface area contributed by atoms with Crippen LogP contribution < -0.4 is 16.1 Å². The van der Waals surface area contributed by atoms with Crippen LogP contribution >= 0.6 is 0 Å². The van der Waals surface area contributed by atoms with E-state index < -0.39 is 0 Å². The third kappa shape index (κ3) is 1.32. The molecule has 0 saturated carbocycles. The van der Waals surface area contributed by atoms with Gasteiger partial charge >= 0.3 is 5.56 Å². The first kappa shape index (κ1) is 9.50. The number of nitrogen functional groups attached to an aromatic ring is 1. The fraction of sp³-hybridized carbons (Fsp3) is 0.375. The number of nitrogens with two attached hydrogens (primary N) is 1. The van der Waals surface area contributed by atoms with Gasteiger partial charge in [-0.15, -0.1) is 4.73 Å². The van der Waals surface area contributed by atoms with Gasteiger partial charge in [-0.1, -0.05) is 6.92 Å². The van der Waals surface area contributed by atoms with E-state index in [0.717, 1.165) is 4.73 Å². The van der Waals surface area contributed by atoms with E-state index >= 15 is 0 Å². The Kier molecular flexibility index (Phi) is 2.07. The van der Waals surface area contributed by atoms with Gasteiger partial charge in [0.1, 0.15) is 12.9 Å². The van der Waals surface area contributed by atoms with Gasteiger partial charge in [-0.25, -0.2) is 4.98 Å². The molecule has 0 unspecified atom stereocenters. The molecule has 0 aliphatic carbocycles. The summed E-state index contributed by atoms with van der Waals surface area (Å²) in [6, 6.07) is 0. The zero-order valence-electron chi connectivity index (χ0n) is 8.44. The SMILES string of the molecule is CCc1nc2nc(N)n(OC)c(=O)c2[nH]1. The predicted octanol–water partition coefficient (Wildman–Crippen LogP) is -0.677. The van der Waals surface area contributed by atoms with Crippen molar-refractivity contribution in [3.63, 3.8) is 0 Å². The lowest BCUT2D eigenvalue weighted by molar-refractivity contribution is 0.162. The van der Waals surface area contributed by atoms with Crippen molar-refractivity contribution in [2.45, 2.75) is 13.3 Å². The van der Waals surface area contributed by atoms with Crippen LogP contribution in [0.25, 0.3) is 11.2 Å².